The van der Waals surface area contributed by atoms with E-state index in [9.17, 15) is 9.59 Å². The second-order valence-corrected chi connectivity index (χ2v) is 9.23. The highest BCUT2D eigenvalue weighted by molar-refractivity contribution is 8.00. The number of likely N-dealkylation sites (tertiary alicyclic amines) is 1. The Morgan fingerprint density at radius 2 is 2.21 bits per heavy atom. The van der Waals surface area contributed by atoms with Gasteiger partial charge in [0, 0.05) is 13.1 Å². The molecule has 0 spiro atoms. The molecule has 0 radical (unpaired) electrons. The molecule has 1 saturated heterocycles. The Labute approximate surface area is 173 Å². The molecule has 1 aliphatic rings. The minimum absolute atomic E-state index is 0.115. The zero-order valence-electron chi connectivity index (χ0n) is 16.3. The van der Waals surface area contributed by atoms with Crippen molar-refractivity contribution in [3.63, 3.8) is 0 Å². The second-order valence-electron chi connectivity index (χ2n) is 7.23. The quantitative estimate of drug-likeness (QED) is 0.706. The maximum Gasteiger partial charge on any atom is 0.258 e. The summed E-state index contributed by atoms with van der Waals surface area (Å²) in [5.41, 5.74) is 2.14. The highest BCUT2D eigenvalue weighted by Gasteiger charge is 2.20. The van der Waals surface area contributed by atoms with Gasteiger partial charge in [-0.1, -0.05) is 30.2 Å². The third-order valence-electron chi connectivity index (χ3n) is 4.77. The molecule has 0 saturated carbocycles. The highest BCUT2D eigenvalue weighted by Crippen LogP contribution is 2.19. The van der Waals surface area contributed by atoms with Crippen LogP contribution < -0.4 is 4.80 Å². The van der Waals surface area contributed by atoms with Gasteiger partial charge in [0.25, 0.3) is 5.91 Å². The number of terminal acetylenes is 1. The molecular weight excluding hydrogens is 390 g/mol. The van der Waals surface area contributed by atoms with Gasteiger partial charge in [-0.25, -0.2) is 0 Å². The molecule has 0 unspecified atom stereocenters. The average Bonchev–Trinajstić information content (AvgIpc) is 2.98. The van der Waals surface area contributed by atoms with Gasteiger partial charge in [-0.15, -0.1) is 18.2 Å². The molecule has 0 N–H and O–H groups in total. The first-order chi connectivity index (χ1) is 13.5. The normalized spacial score (nSPS) is 17.7. The van der Waals surface area contributed by atoms with Gasteiger partial charge in [0.15, 0.2) is 4.80 Å². The Morgan fingerprint density at radius 1 is 1.39 bits per heavy atom. The lowest BCUT2D eigenvalue weighted by molar-refractivity contribution is -0.130. The molecule has 3 rings (SSSR count). The Morgan fingerprint density at radius 3 is 2.96 bits per heavy atom. The zero-order valence-corrected chi connectivity index (χ0v) is 17.9. The number of hydrogen-bond acceptors (Lipinski definition) is 4. The van der Waals surface area contributed by atoms with Crippen molar-refractivity contribution in [1.29, 1.82) is 0 Å². The van der Waals surface area contributed by atoms with Gasteiger partial charge in [-0.05, 0) is 43.4 Å². The number of thioether (sulfide) groups is 1. The lowest BCUT2D eigenvalue weighted by Crippen LogP contribution is -2.40. The summed E-state index contributed by atoms with van der Waals surface area (Å²) >= 11 is 2.80. The van der Waals surface area contributed by atoms with Crippen LogP contribution in [0.5, 0.6) is 0 Å². The Hall–Kier alpha value is -2.04. The van der Waals surface area contributed by atoms with Gasteiger partial charge >= 0.3 is 0 Å². The smallest absolute Gasteiger partial charge is 0.258 e. The van der Waals surface area contributed by atoms with Crippen molar-refractivity contribution >= 4 is 45.1 Å². The van der Waals surface area contributed by atoms with Crippen molar-refractivity contribution in [3.8, 4) is 12.3 Å². The van der Waals surface area contributed by atoms with Crippen LogP contribution in [-0.4, -0.2) is 45.9 Å². The topological polar surface area (TPSA) is 54.7 Å². The molecule has 1 aliphatic heterocycles. The average molecular weight is 416 g/mol. The molecule has 28 heavy (non-hydrogen) atoms. The fourth-order valence-corrected chi connectivity index (χ4v) is 5.22. The fraction of sp³-hybridized carbons (Fsp3) is 0.476. The Bertz CT molecular complexity index is 984. The predicted molar refractivity (Wildman–Crippen MR) is 116 cm³/mol. The molecule has 0 bridgehead atoms. The molecule has 2 amide bonds. The van der Waals surface area contributed by atoms with E-state index < -0.39 is 0 Å². The monoisotopic (exact) mass is 415 g/mol. The fourth-order valence-electron chi connectivity index (χ4n) is 3.38. The van der Waals surface area contributed by atoms with E-state index in [0.29, 0.717) is 23.0 Å². The van der Waals surface area contributed by atoms with Gasteiger partial charge in [0.05, 0.1) is 28.3 Å². The summed E-state index contributed by atoms with van der Waals surface area (Å²) < 4.78 is 2.95. The van der Waals surface area contributed by atoms with E-state index in [4.69, 9.17) is 6.42 Å². The summed E-state index contributed by atoms with van der Waals surface area (Å²) in [7, 11) is 0. The Kier molecular flexibility index (Phi) is 6.97. The van der Waals surface area contributed by atoms with E-state index in [0.717, 1.165) is 35.3 Å². The summed E-state index contributed by atoms with van der Waals surface area (Å²) in [6.45, 7) is 6.23. The first kappa shape index (κ1) is 20.7. The number of benzene rings is 1. The maximum atomic E-state index is 12.4. The summed E-state index contributed by atoms with van der Waals surface area (Å²) in [6.07, 6.45) is 7.74. The number of aromatic nitrogens is 1. The predicted octanol–water partition coefficient (Wildman–Crippen LogP) is 3.06. The summed E-state index contributed by atoms with van der Waals surface area (Å²) in [5, 5.41) is 0. The molecule has 1 aromatic carbocycles. The van der Waals surface area contributed by atoms with Crippen LogP contribution in [-0.2, 0) is 16.1 Å². The molecule has 1 atom stereocenters. The van der Waals surface area contributed by atoms with Gasteiger partial charge < -0.3 is 9.47 Å². The zero-order chi connectivity index (χ0) is 20.1. The number of carbonyl (C=O) groups excluding carboxylic acids is 2. The number of fused-ring (bicyclic) bond motifs is 1. The summed E-state index contributed by atoms with van der Waals surface area (Å²) in [6, 6.07) is 6.11. The van der Waals surface area contributed by atoms with Crippen molar-refractivity contribution in [2.75, 3.05) is 24.6 Å². The summed E-state index contributed by atoms with van der Waals surface area (Å²) in [5.74, 6) is 3.58. The maximum absolute atomic E-state index is 12.4. The van der Waals surface area contributed by atoms with Crippen molar-refractivity contribution in [3.05, 3.63) is 28.6 Å². The van der Waals surface area contributed by atoms with E-state index in [1.807, 2.05) is 28.5 Å². The van der Waals surface area contributed by atoms with E-state index in [1.54, 1.807) is 0 Å². The van der Waals surface area contributed by atoms with E-state index in [-0.39, 0.29) is 17.6 Å². The van der Waals surface area contributed by atoms with Crippen LogP contribution in [0.3, 0.4) is 0 Å². The number of carbonyl (C=O) groups is 2. The van der Waals surface area contributed by atoms with Crippen LogP contribution in [0.4, 0.5) is 0 Å². The largest absolute Gasteiger partial charge is 0.342 e. The van der Waals surface area contributed by atoms with Crippen molar-refractivity contribution in [2.24, 2.45) is 10.9 Å². The van der Waals surface area contributed by atoms with Crippen molar-refractivity contribution in [2.45, 2.75) is 33.2 Å². The number of hydrogen-bond donors (Lipinski definition) is 0. The standard InChI is InChI=1S/C21H25N3O2S2/c1-4-9-24-17-8-7-15(2)11-18(17)28-21(24)22-19(25)13-27-14-20(26)23-10-5-6-16(3)12-23/h1,7-8,11,16H,5-6,9-10,12-14H2,2-3H3/t16-/m0/s1. The Balaban J connectivity index is 1.65. The lowest BCUT2D eigenvalue weighted by Gasteiger charge is -2.30. The minimum Gasteiger partial charge on any atom is -0.342 e. The number of aryl methyl sites for hydroxylation is 1. The molecule has 7 heteroatoms. The molecular formula is C21H25N3O2S2. The van der Waals surface area contributed by atoms with Crippen LogP contribution in [0.15, 0.2) is 23.2 Å². The van der Waals surface area contributed by atoms with Crippen LogP contribution >= 0.6 is 23.1 Å². The molecule has 2 aromatic rings. The molecule has 0 aliphatic carbocycles. The van der Waals surface area contributed by atoms with Gasteiger partial charge in [-0.3, -0.25) is 9.59 Å². The number of rotatable bonds is 5. The van der Waals surface area contributed by atoms with Gasteiger partial charge in [-0.2, -0.15) is 4.99 Å². The lowest BCUT2D eigenvalue weighted by atomic mass is 10.0. The molecule has 148 valence electrons. The SMILES string of the molecule is C#CCn1c(=NC(=O)CSCC(=O)N2CCC[C@H](C)C2)sc2cc(C)ccc21. The summed E-state index contributed by atoms with van der Waals surface area (Å²) in [4.78, 5) is 31.5. The van der Waals surface area contributed by atoms with Gasteiger partial charge in [0.1, 0.15) is 0 Å². The van der Waals surface area contributed by atoms with Crippen LogP contribution in [0.25, 0.3) is 10.2 Å². The van der Waals surface area contributed by atoms with E-state index in [2.05, 4.69) is 23.9 Å². The highest BCUT2D eigenvalue weighted by atomic mass is 32.2. The third-order valence-corrected chi connectivity index (χ3v) is 6.71. The second kappa shape index (κ2) is 9.44. The van der Waals surface area contributed by atoms with Crippen LogP contribution in [0.2, 0.25) is 0 Å². The molecule has 1 fully saturated rings. The minimum atomic E-state index is -0.237. The third kappa shape index (κ3) is 5.06. The van der Waals surface area contributed by atoms with Gasteiger partial charge in [0.2, 0.25) is 5.91 Å². The van der Waals surface area contributed by atoms with Crippen molar-refractivity contribution < 1.29 is 9.59 Å². The molecule has 5 nitrogen and oxygen atoms in total. The van der Waals surface area contributed by atoms with Crippen LogP contribution in [0.1, 0.15) is 25.3 Å². The number of amides is 2. The number of nitrogens with zero attached hydrogens (tertiary/aromatic N) is 3. The van der Waals surface area contributed by atoms with Crippen molar-refractivity contribution in [1.82, 2.24) is 9.47 Å². The van der Waals surface area contributed by atoms with E-state index >= 15 is 0 Å². The number of piperidine rings is 1. The molecule has 2 heterocycles. The first-order valence-electron chi connectivity index (χ1n) is 9.44. The van der Waals surface area contributed by atoms with E-state index in [1.165, 1.54) is 29.5 Å². The molecule has 1 aromatic heterocycles. The van der Waals surface area contributed by atoms with Crippen LogP contribution in [0, 0.1) is 25.2 Å². The number of thiazole rings is 1. The first-order valence-corrected chi connectivity index (χ1v) is 11.4.